The molecule has 0 bridgehead atoms. The maximum atomic E-state index is 11.6. The largest absolute Gasteiger partial charge is 0.494 e. The second-order valence-electron chi connectivity index (χ2n) is 5.30. The van der Waals surface area contributed by atoms with Crippen LogP contribution >= 0.6 is 0 Å². The molecule has 22 heavy (non-hydrogen) atoms. The van der Waals surface area contributed by atoms with E-state index in [4.69, 9.17) is 9.15 Å². The minimum Gasteiger partial charge on any atom is -0.494 e. The van der Waals surface area contributed by atoms with Gasteiger partial charge in [0.2, 0.25) is 5.91 Å². The lowest BCUT2D eigenvalue weighted by Gasteiger charge is -2.06. The lowest BCUT2D eigenvalue weighted by Crippen LogP contribution is -2.30. The first kappa shape index (κ1) is 16.1. The molecule has 0 spiro atoms. The number of nitrogens with one attached hydrogen (secondary N) is 1. The zero-order valence-electron chi connectivity index (χ0n) is 13.3. The SMILES string of the molecule is CCOc1ccc(-c2cnc(CCC(=O)NC(C)C)o2)cc1. The van der Waals surface area contributed by atoms with Crippen LogP contribution in [-0.4, -0.2) is 23.5 Å². The average Bonchev–Trinajstić information content (AvgIpc) is 2.94. The van der Waals surface area contributed by atoms with E-state index in [1.54, 1.807) is 6.20 Å². The summed E-state index contributed by atoms with van der Waals surface area (Å²) in [4.78, 5) is 15.8. The number of benzene rings is 1. The zero-order valence-corrected chi connectivity index (χ0v) is 13.3. The van der Waals surface area contributed by atoms with Gasteiger partial charge < -0.3 is 14.5 Å². The van der Waals surface area contributed by atoms with Crippen molar-refractivity contribution in [2.75, 3.05) is 6.61 Å². The van der Waals surface area contributed by atoms with E-state index >= 15 is 0 Å². The third kappa shape index (κ3) is 4.62. The maximum Gasteiger partial charge on any atom is 0.220 e. The Bertz CT molecular complexity index is 603. The quantitative estimate of drug-likeness (QED) is 0.853. The second-order valence-corrected chi connectivity index (χ2v) is 5.30. The fourth-order valence-electron chi connectivity index (χ4n) is 2.06. The van der Waals surface area contributed by atoms with Crippen molar-refractivity contribution in [1.29, 1.82) is 0 Å². The smallest absolute Gasteiger partial charge is 0.220 e. The number of amides is 1. The summed E-state index contributed by atoms with van der Waals surface area (Å²) >= 11 is 0. The fourth-order valence-corrected chi connectivity index (χ4v) is 2.06. The summed E-state index contributed by atoms with van der Waals surface area (Å²) in [5.74, 6) is 2.11. The summed E-state index contributed by atoms with van der Waals surface area (Å²) in [5, 5.41) is 2.85. The van der Waals surface area contributed by atoms with E-state index in [1.165, 1.54) is 0 Å². The molecule has 0 aliphatic rings. The molecule has 2 aromatic rings. The van der Waals surface area contributed by atoms with E-state index in [2.05, 4.69) is 10.3 Å². The van der Waals surface area contributed by atoms with Crippen LogP contribution in [-0.2, 0) is 11.2 Å². The van der Waals surface area contributed by atoms with Gasteiger partial charge in [0.05, 0.1) is 12.8 Å². The second kappa shape index (κ2) is 7.64. The van der Waals surface area contributed by atoms with Crippen molar-refractivity contribution < 1.29 is 13.9 Å². The van der Waals surface area contributed by atoms with Crippen molar-refractivity contribution in [2.45, 2.75) is 39.7 Å². The van der Waals surface area contributed by atoms with E-state index in [0.717, 1.165) is 11.3 Å². The molecule has 0 aliphatic carbocycles. The number of carbonyl (C=O) groups is 1. The number of aromatic nitrogens is 1. The molecule has 0 atom stereocenters. The minimum absolute atomic E-state index is 0.0100. The van der Waals surface area contributed by atoms with Crippen LogP contribution in [0.3, 0.4) is 0 Å². The molecule has 0 saturated carbocycles. The van der Waals surface area contributed by atoms with E-state index in [9.17, 15) is 4.79 Å². The molecule has 1 heterocycles. The van der Waals surface area contributed by atoms with Crippen LogP contribution in [0.5, 0.6) is 5.75 Å². The maximum absolute atomic E-state index is 11.6. The molecule has 0 unspecified atom stereocenters. The molecule has 5 nitrogen and oxygen atoms in total. The standard InChI is InChI=1S/C17H22N2O3/c1-4-21-14-7-5-13(6-8-14)15-11-18-17(22-15)10-9-16(20)19-12(2)3/h5-8,11-12H,4,9-10H2,1-3H3,(H,19,20). The number of hydrogen-bond acceptors (Lipinski definition) is 4. The predicted molar refractivity (Wildman–Crippen MR) is 84.7 cm³/mol. The number of aryl methyl sites for hydroxylation is 1. The van der Waals surface area contributed by atoms with Crippen molar-refractivity contribution in [1.82, 2.24) is 10.3 Å². The summed E-state index contributed by atoms with van der Waals surface area (Å²) in [6.07, 6.45) is 2.56. The number of carbonyl (C=O) groups excluding carboxylic acids is 1. The van der Waals surface area contributed by atoms with Gasteiger partial charge in [0.15, 0.2) is 11.7 Å². The summed E-state index contributed by atoms with van der Waals surface area (Å²) in [5.41, 5.74) is 0.939. The van der Waals surface area contributed by atoms with Gasteiger partial charge in [-0.15, -0.1) is 0 Å². The number of hydrogen-bond donors (Lipinski definition) is 1. The molecule has 2 rings (SSSR count). The van der Waals surface area contributed by atoms with E-state index < -0.39 is 0 Å². The van der Waals surface area contributed by atoms with Crippen LogP contribution in [0.4, 0.5) is 0 Å². The summed E-state index contributed by atoms with van der Waals surface area (Å²) < 4.78 is 11.1. The summed E-state index contributed by atoms with van der Waals surface area (Å²) in [6.45, 7) is 6.47. The van der Waals surface area contributed by atoms with Crippen molar-refractivity contribution in [3.8, 4) is 17.1 Å². The molecule has 1 amide bonds. The molecule has 5 heteroatoms. The van der Waals surface area contributed by atoms with Gasteiger partial charge in [0.1, 0.15) is 5.75 Å². The van der Waals surface area contributed by atoms with Gasteiger partial charge in [-0.1, -0.05) is 0 Å². The van der Waals surface area contributed by atoms with Crippen molar-refractivity contribution in [3.05, 3.63) is 36.4 Å². The molecule has 118 valence electrons. The Labute approximate surface area is 130 Å². The lowest BCUT2D eigenvalue weighted by molar-refractivity contribution is -0.121. The molecule has 1 aromatic carbocycles. The lowest BCUT2D eigenvalue weighted by atomic mass is 10.2. The van der Waals surface area contributed by atoms with E-state index in [-0.39, 0.29) is 11.9 Å². The summed E-state index contributed by atoms with van der Waals surface area (Å²) in [6, 6.07) is 7.81. The van der Waals surface area contributed by atoms with Crippen molar-refractivity contribution in [2.24, 2.45) is 0 Å². The molecule has 0 aliphatic heterocycles. The molecular weight excluding hydrogens is 280 g/mol. The highest BCUT2D eigenvalue weighted by molar-refractivity contribution is 5.76. The minimum atomic E-state index is 0.0100. The molecule has 1 aromatic heterocycles. The Morgan fingerprint density at radius 3 is 2.68 bits per heavy atom. The van der Waals surface area contributed by atoms with Gasteiger partial charge in [-0.3, -0.25) is 4.79 Å². The highest BCUT2D eigenvalue weighted by Crippen LogP contribution is 2.23. The van der Waals surface area contributed by atoms with Crippen LogP contribution in [0, 0.1) is 0 Å². The van der Waals surface area contributed by atoms with E-state index in [1.807, 2.05) is 45.0 Å². The normalized spacial score (nSPS) is 10.7. The Morgan fingerprint density at radius 2 is 2.05 bits per heavy atom. The topological polar surface area (TPSA) is 64.4 Å². The highest BCUT2D eigenvalue weighted by atomic mass is 16.5. The van der Waals surface area contributed by atoms with Crippen LogP contribution in [0.15, 0.2) is 34.9 Å². The Balaban J connectivity index is 1.94. The molecular formula is C17H22N2O3. The van der Waals surface area contributed by atoms with Gasteiger partial charge in [-0.25, -0.2) is 4.98 Å². The molecule has 0 fully saturated rings. The third-order valence-corrected chi connectivity index (χ3v) is 3.02. The first-order valence-electron chi connectivity index (χ1n) is 7.55. The number of oxazole rings is 1. The van der Waals surface area contributed by atoms with Gasteiger partial charge in [-0.05, 0) is 45.0 Å². The Hall–Kier alpha value is -2.30. The van der Waals surface area contributed by atoms with Gasteiger partial charge in [0, 0.05) is 24.4 Å². The first-order chi connectivity index (χ1) is 10.6. The van der Waals surface area contributed by atoms with Crippen molar-refractivity contribution >= 4 is 5.91 Å². The average molecular weight is 302 g/mol. The number of rotatable bonds is 7. The van der Waals surface area contributed by atoms with Gasteiger partial charge in [-0.2, -0.15) is 0 Å². The molecule has 0 radical (unpaired) electrons. The first-order valence-corrected chi connectivity index (χ1v) is 7.55. The Kier molecular flexibility index (Phi) is 5.58. The van der Waals surface area contributed by atoms with Crippen LogP contribution in [0.1, 0.15) is 33.1 Å². The van der Waals surface area contributed by atoms with Crippen LogP contribution in [0.25, 0.3) is 11.3 Å². The molecule has 1 N–H and O–H groups in total. The van der Waals surface area contributed by atoms with Gasteiger partial charge in [0.25, 0.3) is 0 Å². The monoisotopic (exact) mass is 302 g/mol. The zero-order chi connectivity index (χ0) is 15.9. The highest BCUT2D eigenvalue weighted by Gasteiger charge is 2.09. The number of nitrogens with zero attached hydrogens (tertiary/aromatic N) is 1. The predicted octanol–water partition coefficient (Wildman–Crippen LogP) is 3.20. The fraction of sp³-hybridized carbons (Fsp3) is 0.412. The van der Waals surface area contributed by atoms with Gasteiger partial charge >= 0.3 is 0 Å². The number of ether oxygens (including phenoxy) is 1. The van der Waals surface area contributed by atoms with Crippen LogP contribution in [0.2, 0.25) is 0 Å². The van der Waals surface area contributed by atoms with Crippen molar-refractivity contribution in [3.63, 3.8) is 0 Å². The third-order valence-electron chi connectivity index (χ3n) is 3.02. The molecule has 0 saturated heterocycles. The van der Waals surface area contributed by atoms with E-state index in [0.29, 0.717) is 31.1 Å². The Morgan fingerprint density at radius 1 is 1.32 bits per heavy atom. The summed E-state index contributed by atoms with van der Waals surface area (Å²) in [7, 11) is 0. The van der Waals surface area contributed by atoms with Crippen LogP contribution < -0.4 is 10.1 Å².